The van der Waals surface area contributed by atoms with Crippen molar-refractivity contribution in [2.75, 3.05) is 5.32 Å². The Balaban J connectivity index is 1.67. The van der Waals surface area contributed by atoms with Crippen LogP contribution in [0.15, 0.2) is 29.3 Å². The van der Waals surface area contributed by atoms with Crippen LogP contribution in [0, 0.1) is 0 Å². The molecule has 0 saturated heterocycles. The number of benzene rings is 1. The van der Waals surface area contributed by atoms with Gasteiger partial charge >= 0.3 is 12.2 Å². The smallest absolute Gasteiger partial charge is 0.411 e. The Bertz CT molecular complexity index is 1040. The van der Waals surface area contributed by atoms with Crippen molar-refractivity contribution in [1.29, 1.82) is 0 Å². The fourth-order valence-electron chi connectivity index (χ4n) is 4.08. The lowest BCUT2D eigenvalue weighted by Gasteiger charge is -2.29. The molecule has 36 heavy (non-hydrogen) atoms. The van der Waals surface area contributed by atoms with E-state index in [1.807, 2.05) is 52.9 Å². The van der Waals surface area contributed by atoms with Crippen LogP contribution in [0.25, 0.3) is 10.4 Å². The molecule has 1 fully saturated rings. The highest BCUT2D eigenvalue weighted by atomic mass is 32.2. The maximum atomic E-state index is 12.1. The van der Waals surface area contributed by atoms with E-state index in [-0.39, 0.29) is 18.2 Å². The summed E-state index contributed by atoms with van der Waals surface area (Å²) in [5, 5.41) is 7.37. The average Bonchev–Trinajstić information content (AvgIpc) is 3.22. The van der Waals surface area contributed by atoms with Crippen LogP contribution in [0.1, 0.15) is 85.1 Å². The fourth-order valence-corrected chi connectivity index (χ4v) is 6.28. The first-order chi connectivity index (χ1) is 16.9. The van der Waals surface area contributed by atoms with Crippen molar-refractivity contribution >= 4 is 41.0 Å². The Labute approximate surface area is 223 Å². The standard InChI is InChI=1S/C27H39N3O4S2/c1-16(2)33-25(31)30-20-12-13-21(22(14-20)35-17(3)4)23-15-28-24(36-23)18-8-10-19(11-9-18)29-26(32)34-27(5,6)7/h12-19H,8-11H2,1-7H3,(H,29,32)(H,30,31)/t18-,19-. The zero-order valence-corrected chi connectivity index (χ0v) is 24.0. The molecule has 0 unspecified atom stereocenters. The van der Waals surface area contributed by atoms with Gasteiger partial charge in [-0.05, 0) is 72.4 Å². The van der Waals surface area contributed by atoms with E-state index in [0.29, 0.717) is 16.9 Å². The number of aromatic nitrogens is 1. The van der Waals surface area contributed by atoms with E-state index in [0.717, 1.165) is 46.0 Å². The lowest BCUT2D eigenvalue weighted by molar-refractivity contribution is 0.0491. The summed E-state index contributed by atoms with van der Waals surface area (Å²) in [6.07, 6.45) is 4.81. The zero-order chi connectivity index (χ0) is 26.5. The normalized spacial score (nSPS) is 18.2. The molecule has 1 aromatic carbocycles. The monoisotopic (exact) mass is 533 g/mol. The molecule has 0 aliphatic heterocycles. The van der Waals surface area contributed by atoms with E-state index in [9.17, 15) is 9.59 Å². The van der Waals surface area contributed by atoms with Gasteiger partial charge in [0.15, 0.2) is 0 Å². The first kappa shape index (κ1) is 28.3. The maximum Gasteiger partial charge on any atom is 0.411 e. The number of ether oxygens (including phenoxy) is 2. The Morgan fingerprint density at radius 3 is 2.39 bits per heavy atom. The highest BCUT2D eigenvalue weighted by molar-refractivity contribution is 8.00. The van der Waals surface area contributed by atoms with Crippen LogP contribution in [0.5, 0.6) is 0 Å². The molecule has 1 saturated carbocycles. The Kier molecular flexibility index (Phi) is 9.69. The van der Waals surface area contributed by atoms with Gasteiger partial charge < -0.3 is 14.8 Å². The summed E-state index contributed by atoms with van der Waals surface area (Å²) < 4.78 is 10.6. The molecule has 198 valence electrons. The van der Waals surface area contributed by atoms with Crippen LogP contribution in [0.2, 0.25) is 0 Å². The predicted octanol–water partition coefficient (Wildman–Crippen LogP) is 7.82. The average molecular weight is 534 g/mol. The number of hydrogen-bond donors (Lipinski definition) is 2. The van der Waals surface area contributed by atoms with Crippen molar-refractivity contribution in [2.45, 2.75) is 108 Å². The molecule has 0 radical (unpaired) electrons. The van der Waals surface area contributed by atoms with Crippen molar-refractivity contribution in [2.24, 2.45) is 0 Å². The summed E-state index contributed by atoms with van der Waals surface area (Å²) in [6.45, 7) is 13.6. The molecular weight excluding hydrogens is 494 g/mol. The SMILES string of the molecule is CC(C)OC(=O)Nc1ccc(-c2cnc([C@H]3CC[C@H](NC(=O)OC(C)(C)C)CC3)s2)c(SC(C)C)c1. The number of nitrogens with zero attached hydrogens (tertiary/aromatic N) is 1. The van der Waals surface area contributed by atoms with Crippen LogP contribution in [-0.4, -0.2) is 40.2 Å². The van der Waals surface area contributed by atoms with Gasteiger partial charge in [0.2, 0.25) is 0 Å². The van der Waals surface area contributed by atoms with Gasteiger partial charge in [0.05, 0.1) is 16.0 Å². The molecule has 7 nitrogen and oxygen atoms in total. The highest BCUT2D eigenvalue weighted by Gasteiger charge is 2.27. The number of alkyl carbamates (subject to hydrolysis) is 1. The number of thioether (sulfide) groups is 1. The van der Waals surface area contributed by atoms with Gasteiger partial charge in [-0.2, -0.15) is 0 Å². The van der Waals surface area contributed by atoms with Gasteiger partial charge in [-0.15, -0.1) is 23.1 Å². The molecule has 3 rings (SSSR count). The third-order valence-electron chi connectivity index (χ3n) is 5.52. The lowest BCUT2D eigenvalue weighted by Crippen LogP contribution is -2.40. The highest BCUT2D eigenvalue weighted by Crippen LogP contribution is 2.41. The van der Waals surface area contributed by atoms with E-state index in [1.165, 1.54) is 0 Å². The molecule has 1 aromatic heterocycles. The van der Waals surface area contributed by atoms with E-state index in [2.05, 4.69) is 30.5 Å². The third kappa shape index (κ3) is 8.69. The van der Waals surface area contributed by atoms with Gasteiger partial charge in [-0.25, -0.2) is 14.6 Å². The largest absolute Gasteiger partial charge is 0.447 e. The van der Waals surface area contributed by atoms with Crippen LogP contribution in [-0.2, 0) is 9.47 Å². The number of rotatable bonds is 7. The zero-order valence-electron chi connectivity index (χ0n) is 22.3. The molecule has 9 heteroatoms. The number of thiazole rings is 1. The van der Waals surface area contributed by atoms with Gasteiger partial charge in [0, 0.05) is 39.6 Å². The summed E-state index contributed by atoms with van der Waals surface area (Å²) in [5.41, 5.74) is 1.35. The van der Waals surface area contributed by atoms with Crippen molar-refractivity contribution in [3.05, 3.63) is 29.4 Å². The van der Waals surface area contributed by atoms with Gasteiger partial charge in [0.25, 0.3) is 0 Å². The number of anilines is 1. The topological polar surface area (TPSA) is 89.5 Å². The van der Waals surface area contributed by atoms with Crippen molar-refractivity contribution in [3.8, 4) is 10.4 Å². The number of carbonyl (C=O) groups excluding carboxylic acids is 2. The Morgan fingerprint density at radius 1 is 1.08 bits per heavy atom. The summed E-state index contributed by atoms with van der Waals surface area (Å²) >= 11 is 3.50. The van der Waals surface area contributed by atoms with Crippen molar-refractivity contribution in [1.82, 2.24) is 10.3 Å². The number of hydrogen-bond acceptors (Lipinski definition) is 7. The second-order valence-corrected chi connectivity index (χ2v) is 13.4. The van der Waals surface area contributed by atoms with Crippen LogP contribution >= 0.6 is 23.1 Å². The molecule has 1 heterocycles. The second kappa shape index (κ2) is 12.3. The quantitative estimate of drug-likeness (QED) is 0.353. The molecule has 1 aliphatic carbocycles. The predicted molar refractivity (Wildman–Crippen MR) is 148 cm³/mol. The van der Waals surface area contributed by atoms with Crippen LogP contribution < -0.4 is 10.6 Å². The summed E-state index contributed by atoms with van der Waals surface area (Å²) in [5.74, 6) is 0.397. The molecular formula is C27H39N3O4S2. The van der Waals surface area contributed by atoms with Gasteiger partial charge in [-0.3, -0.25) is 5.32 Å². The third-order valence-corrected chi connectivity index (χ3v) is 7.78. The van der Waals surface area contributed by atoms with Gasteiger partial charge in [0.1, 0.15) is 5.60 Å². The van der Waals surface area contributed by atoms with Crippen molar-refractivity contribution in [3.63, 3.8) is 0 Å². The Morgan fingerprint density at radius 2 is 1.78 bits per heavy atom. The van der Waals surface area contributed by atoms with Crippen LogP contribution in [0.3, 0.4) is 0 Å². The second-order valence-electron chi connectivity index (χ2n) is 10.7. The number of carbonyl (C=O) groups is 2. The fraction of sp³-hybridized carbons (Fsp3) is 0.593. The molecule has 2 aromatic rings. The van der Waals surface area contributed by atoms with Gasteiger partial charge in [-0.1, -0.05) is 19.9 Å². The molecule has 2 N–H and O–H groups in total. The summed E-state index contributed by atoms with van der Waals surface area (Å²) in [6, 6.07) is 6.12. The maximum absolute atomic E-state index is 12.1. The first-order valence-corrected chi connectivity index (χ1v) is 14.3. The van der Waals surface area contributed by atoms with E-state index >= 15 is 0 Å². The molecule has 0 bridgehead atoms. The summed E-state index contributed by atoms with van der Waals surface area (Å²) in [4.78, 5) is 31.2. The van der Waals surface area contributed by atoms with E-state index in [1.54, 1.807) is 23.1 Å². The minimum Gasteiger partial charge on any atom is -0.447 e. The summed E-state index contributed by atoms with van der Waals surface area (Å²) in [7, 11) is 0. The van der Waals surface area contributed by atoms with E-state index < -0.39 is 11.7 Å². The minimum absolute atomic E-state index is 0.145. The van der Waals surface area contributed by atoms with Crippen molar-refractivity contribution < 1.29 is 19.1 Å². The number of nitrogens with one attached hydrogen (secondary N) is 2. The molecule has 0 atom stereocenters. The van der Waals surface area contributed by atoms with E-state index in [4.69, 9.17) is 14.5 Å². The first-order valence-electron chi connectivity index (χ1n) is 12.6. The minimum atomic E-state index is -0.489. The molecule has 2 amide bonds. The lowest BCUT2D eigenvalue weighted by atomic mass is 9.86. The van der Waals surface area contributed by atoms with Crippen LogP contribution in [0.4, 0.5) is 15.3 Å². The molecule has 1 aliphatic rings. The number of amides is 2. The molecule has 0 spiro atoms. The Hall–Kier alpha value is -2.26.